The Morgan fingerprint density at radius 3 is 2.91 bits per heavy atom. The molecule has 0 spiro atoms. The van der Waals surface area contributed by atoms with Crippen molar-refractivity contribution in [1.82, 2.24) is 15.3 Å². The molecule has 2 bridgehead atoms. The van der Waals surface area contributed by atoms with Crippen molar-refractivity contribution in [2.75, 3.05) is 26.7 Å². The van der Waals surface area contributed by atoms with E-state index in [9.17, 15) is 9.18 Å². The molecule has 2 N–H and O–H groups in total. The molecule has 1 aromatic carbocycles. The number of amides is 1. The molecule has 3 heterocycles. The number of hydrogen-bond donors (Lipinski definition) is 2. The van der Waals surface area contributed by atoms with Gasteiger partial charge in [-0.25, -0.2) is 9.87 Å². The first-order valence-electron chi connectivity index (χ1n) is 8.18. The first-order valence-corrected chi connectivity index (χ1v) is 8.18. The highest BCUT2D eigenvalue weighted by atomic mass is 19.1. The minimum absolute atomic E-state index is 0.176. The highest BCUT2D eigenvalue weighted by molar-refractivity contribution is 5.93. The van der Waals surface area contributed by atoms with E-state index in [1.165, 1.54) is 18.9 Å². The third kappa shape index (κ3) is 2.45. The van der Waals surface area contributed by atoms with Gasteiger partial charge in [0.15, 0.2) is 0 Å². The summed E-state index contributed by atoms with van der Waals surface area (Å²) in [5, 5.41) is 8.70. The molecule has 1 aromatic rings. The lowest BCUT2D eigenvalue weighted by Gasteiger charge is -2.42. The van der Waals surface area contributed by atoms with Gasteiger partial charge >= 0.3 is 0 Å². The lowest BCUT2D eigenvalue weighted by atomic mass is 9.69. The fourth-order valence-electron chi connectivity index (χ4n) is 4.70. The Kier molecular flexibility index (Phi) is 3.44. The molecule has 23 heavy (non-hydrogen) atoms. The van der Waals surface area contributed by atoms with E-state index in [-0.39, 0.29) is 11.4 Å². The molecule has 4 aliphatic rings. The molecular formula is C17H22FN3O2. The fraction of sp³-hybridized carbons (Fsp3) is 0.588. The van der Waals surface area contributed by atoms with Crippen LogP contribution in [0, 0.1) is 11.2 Å². The molecule has 5 nitrogen and oxygen atoms in total. The Balaban J connectivity index is 1.50. The quantitative estimate of drug-likeness (QED) is 0.653. The summed E-state index contributed by atoms with van der Waals surface area (Å²) in [6.45, 7) is 3.69. The van der Waals surface area contributed by atoms with Crippen molar-refractivity contribution in [2.24, 2.45) is 5.41 Å². The van der Waals surface area contributed by atoms with Crippen molar-refractivity contribution in [1.29, 1.82) is 0 Å². The normalized spacial score (nSPS) is 30.0. The summed E-state index contributed by atoms with van der Waals surface area (Å²) in [5.74, 6) is -1.01. The van der Waals surface area contributed by atoms with E-state index in [4.69, 9.17) is 5.21 Å². The number of hydrogen-bond acceptors (Lipinski definition) is 4. The molecule has 1 amide bonds. The van der Waals surface area contributed by atoms with Gasteiger partial charge in [-0.3, -0.25) is 14.9 Å². The van der Waals surface area contributed by atoms with E-state index in [0.29, 0.717) is 17.5 Å². The first kappa shape index (κ1) is 15.1. The average Bonchev–Trinajstić information content (AvgIpc) is 2.98. The van der Waals surface area contributed by atoms with Gasteiger partial charge in [0.1, 0.15) is 5.82 Å². The molecule has 2 saturated heterocycles. The summed E-state index contributed by atoms with van der Waals surface area (Å²) in [6, 6.07) is 3.67. The second kappa shape index (κ2) is 5.26. The Morgan fingerprint density at radius 2 is 2.26 bits per heavy atom. The van der Waals surface area contributed by atoms with Crippen LogP contribution in [0.15, 0.2) is 12.1 Å². The number of carbonyl (C=O) groups excluding carboxylic acids is 1. The Bertz CT molecular complexity index is 657. The number of carbonyl (C=O) groups is 1. The van der Waals surface area contributed by atoms with Crippen LogP contribution in [0.5, 0.6) is 0 Å². The third-order valence-corrected chi connectivity index (χ3v) is 5.84. The Morgan fingerprint density at radius 1 is 1.48 bits per heavy atom. The fourth-order valence-corrected chi connectivity index (χ4v) is 4.70. The number of halogens is 1. The van der Waals surface area contributed by atoms with Crippen LogP contribution in [0.4, 0.5) is 4.39 Å². The number of fused-ring (bicyclic) bond motifs is 2. The van der Waals surface area contributed by atoms with E-state index in [1.54, 1.807) is 11.5 Å². The summed E-state index contributed by atoms with van der Waals surface area (Å²) in [4.78, 5) is 16.3. The zero-order valence-electron chi connectivity index (χ0n) is 13.3. The van der Waals surface area contributed by atoms with Gasteiger partial charge in [-0.05, 0) is 49.4 Å². The number of nitrogens with zero attached hydrogens (tertiary/aromatic N) is 2. The zero-order chi connectivity index (χ0) is 16.2. The number of rotatable bonds is 3. The van der Waals surface area contributed by atoms with Crippen LogP contribution in [0.3, 0.4) is 0 Å². The lowest BCUT2D eigenvalue weighted by molar-refractivity contribution is 0.0705. The second-order valence-electron chi connectivity index (χ2n) is 7.47. The van der Waals surface area contributed by atoms with Crippen molar-refractivity contribution < 1.29 is 14.4 Å². The van der Waals surface area contributed by atoms with Gasteiger partial charge < -0.3 is 4.90 Å². The smallest absolute Gasteiger partial charge is 0.274 e. The van der Waals surface area contributed by atoms with Crippen LogP contribution >= 0.6 is 0 Å². The van der Waals surface area contributed by atoms with Crippen LogP contribution < -0.4 is 5.48 Å². The molecule has 1 aliphatic carbocycles. The van der Waals surface area contributed by atoms with E-state index in [2.05, 4.69) is 16.8 Å². The largest absolute Gasteiger partial charge is 0.303 e. The first-order chi connectivity index (χ1) is 11.0. The van der Waals surface area contributed by atoms with Crippen LogP contribution in [0.25, 0.3) is 0 Å². The van der Waals surface area contributed by atoms with Gasteiger partial charge in [-0.15, -0.1) is 0 Å². The molecule has 0 unspecified atom stereocenters. The predicted molar refractivity (Wildman–Crippen MR) is 82.7 cm³/mol. The molecule has 124 valence electrons. The standard InChI is InChI=1S/C17H22FN3O2/c1-20-9-17(6-13(20)7-17)10-21-3-2-11-4-12(16(22)19-23)5-15(18)14(11)8-21/h4-5,13,23H,2-3,6-10H2,1H3,(H,19,22). The molecular weight excluding hydrogens is 297 g/mol. The minimum atomic E-state index is -0.664. The van der Waals surface area contributed by atoms with E-state index in [0.717, 1.165) is 37.7 Å². The SMILES string of the molecule is CN1CC2(CN3CCc4cc(C(=O)NO)cc(F)c4C3)CC1C2. The Labute approximate surface area is 135 Å². The summed E-state index contributed by atoms with van der Waals surface area (Å²) in [7, 11) is 2.19. The second-order valence-corrected chi connectivity index (χ2v) is 7.47. The summed E-state index contributed by atoms with van der Waals surface area (Å²) >= 11 is 0. The van der Waals surface area contributed by atoms with Gasteiger partial charge in [-0.2, -0.15) is 0 Å². The summed E-state index contributed by atoms with van der Waals surface area (Å²) in [5.41, 5.74) is 3.73. The molecule has 0 aromatic heterocycles. The van der Waals surface area contributed by atoms with Gasteiger partial charge in [0.25, 0.3) is 5.91 Å². The minimum Gasteiger partial charge on any atom is -0.303 e. The highest BCUT2D eigenvalue weighted by Crippen LogP contribution is 2.51. The van der Waals surface area contributed by atoms with Crippen LogP contribution in [-0.2, 0) is 13.0 Å². The maximum Gasteiger partial charge on any atom is 0.274 e. The maximum atomic E-state index is 14.4. The predicted octanol–water partition coefficient (Wildman–Crippen LogP) is 1.40. The number of nitrogens with one attached hydrogen (secondary N) is 1. The average molecular weight is 319 g/mol. The molecule has 3 aliphatic heterocycles. The van der Waals surface area contributed by atoms with Gasteiger partial charge in [-0.1, -0.05) is 0 Å². The highest BCUT2D eigenvalue weighted by Gasteiger charge is 2.54. The molecule has 0 radical (unpaired) electrons. The van der Waals surface area contributed by atoms with Crippen molar-refractivity contribution in [3.05, 3.63) is 34.6 Å². The monoisotopic (exact) mass is 319 g/mol. The van der Waals surface area contributed by atoms with Crippen molar-refractivity contribution in [3.63, 3.8) is 0 Å². The van der Waals surface area contributed by atoms with Crippen LogP contribution in [0.2, 0.25) is 0 Å². The van der Waals surface area contributed by atoms with Gasteiger partial charge in [0.05, 0.1) is 0 Å². The van der Waals surface area contributed by atoms with Crippen LogP contribution in [0.1, 0.15) is 34.3 Å². The lowest BCUT2D eigenvalue weighted by Crippen LogP contribution is -2.45. The summed E-state index contributed by atoms with van der Waals surface area (Å²) in [6.07, 6.45) is 3.28. The molecule has 5 rings (SSSR count). The number of benzene rings is 1. The third-order valence-electron chi connectivity index (χ3n) is 5.84. The van der Waals surface area contributed by atoms with Crippen molar-refractivity contribution in [3.8, 4) is 0 Å². The molecule has 3 fully saturated rings. The molecule has 6 heteroatoms. The van der Waals surface area contributed by atoms with Gasteiger partial charge in [0, 0.05) is 43.3 Å². The zero-order valence-corrected chi connectivity index (χ0v) is 13.3. The molecule has 0 atom stereocenters. The van der Waals surface area contributed by atoms with Gasteiger partial charge in [0.2, 0.25) is 0 Å². The van der Waals surface area contributed by atoms with E-state index >= 15 is 0 Å². The van der Waals surface area contributed by atoms with Crippen molar-refractivity contribution in [2.45, 2.75) is 31.8 Å². The topological polar surface area (TPSA) is 55.8 Å². The number of hydroxylamine groups is 1. The Hall–Kier alpha value is -1.50. The van der Waals surface area contributed by atoms with Crippen LogP contribution in [-0.4, -0.2) is 53.6 Å². The van der Waals surface area contributed by atoms with E-state index < -0.39 is 5.91 Å². The van der Waals surface area contributed by atoms with Crippen molar-refractivity contribution >= 4 is 5.91 Å². The maximum absolute atomic E-state index is 14.4. The molecule has 1 saturated carbocycles. The summed E-state index contributed by atoms with van der Waals surface area (Å²) < 4.78 is 14.4. The van der Waals surface area contributed by atoms with E-state index in [1.807, 2.05) is 0 Å².